The summed E-state index contributed by atoms with van der Waals surface area (Å²) >= 11 is 6.08. The molecule has 0 unspecified atom stereocenters. The molecule has 4 nitrogen and oxygen atoms in total. The average Bonchev–Trinajstić information content (AvgIpc) is 2.35. The van der Waals surface area contributed by atoms with Crippen LogP contribution in [0.25, 0.3) is 0 Å². The van der Waals surface area contributed by atoms with Crippen molar-refractivity contribution in [3.05, 3.63) is 28.8 Å². The fourth-order valence-electron chi connectivity index (χ4n) is 1.45. The molecule has 1 aromatic rings. The summed E-state index contributed by atoms with van der Waals surface area (Å²) in [6, 6.07) is 7.07. The van der Waals surface area contributed by atoms with Crippen LogP contribution in [0.2, 0.25) is 5.02 Å². The van der Waals surface area contributed by atoms with Crippen LogP contribution in [0.1, 0.15) is 12.5 Å². The molecule has 0 saturated heterocycles. The van der Waals surface area contributed by atoms with E-state index in [0.717, 1.165) is 5.69 Å². The minimum Gasteiger partial charge on any atom is -0.361 e. The van der Waals surface area contributed by atoms with Gasteiger partial charge in [0.05, 0.1) is 28.9 Å². The van der Waals surface area contributed by atoms with E-state index >= 15 is 0 Å². The number of halogens is 1. The summed E-state index contributed by atoms with van der Waals surface area (Å²) in [7, 11) is 1.59. The molecule has 0 spiro atoms. The van der Waals surface area contributed by atoms with Gasteiger partial charge in [-0.05, 0) is 25.1 Å². The van der Waals surface area contributed by atoms with Crippen molar-refractivity contribution in [2.24, 2.45) is 0 Å². The fourth-order valence-corrected chi connectivity index (χ4v) is 1.75. The highest BCUT2D eigenvalue weighted by Gasteiger charge is 2.12. The number of nitrogens with one attached hydrogen (secondary N) is 1. The quantitative estimate of drug-likeness (QED) is 0.888. The number of rotatable bonds is 4. The van der Waals surface area contributed by atoms with Crippen LogP contribution in [0.15, 0.2) is 18.2 Å². The predicted molar refractivity (Wildman–Crippen MR) is 68.1 cm³/mol. The van der Waals surface area contributed by atoms with Gasteiger partial charge in [0.2, 0.25) is 5.91 Å². The number of carbonyl (C=O) groups is 1. The molecule has 0 heterocycles. The summed E-state index contributed by atoms with van der Waals surface area (Å²) in [6.45, 7) is 2.86. The van der Waals surface area contributed by atoms with E-state index in [4.69, 9.17) is 16.9 Å². The van der Waals surface area contributed by atoms with Gasteiger partial charge in [-0.1, -0.05) is 11.6 Å². The second-order valence-corrected chi connectivity index (χ2v) is 3.87. The molecular formula is C12H14ClN3O. The molecular weight excluding hydrogens is 238 g/mol. The minimum atomic E-state index is -0.0766. The lowest BCUT2D eigenvalue weighted by Crippen LogP contribution is -2.35. The normalized spacial score (nSPS) is 9.53. The molecule has 1 N–H and O–H groups in total. The van der Waals surface area contributed by atoms with E-state index in [1.807, 2.05) is 17.9 Å². The summed E-state index contributed by atoms with van der Waals surface area (Å²) in [5.41, 5.74) is 1.27. The number of anilines is 1. The van der Waals surface area contributed by atoms with Crippen molar-refractivity contribution in [2.45, 2.75) is 6.92 Å². The first-order valence-electron chi connectivity index (χ1n) is 5.27. The van der Waals surface area contributed by atoms with Crippen molar-refractivity contribution < 1.29 is 4.79 Å². The topological polar surface area (TPSA) is 56.1 Å². The second kappa shape index (κ2) is 6.12. The molecule has 1 rings (SSSR count). The van der Waals surface area contributed by atoms with Gasteiger partial charge in [0.15, 0.2) is 0 Å². The number of likely N-dealkylation sites (N-methyl/N-ethyl adjacent to an activating group) is 2. The van der Waals surface area contributed by atoms with E-state index in [0.29, 0.717) is 17.1 Å². The lowest BCUT2D eigenvalue weighted by molar-refractivity contribution is -0.119. The Bertz CT molecular complexity index is 454. The van der Waals surface area contributed by atoms with Crippen molar-refractivity contribution >= 4 is 23.2 Å². The Hall–Kier alpha value is -1.73. The zero-order valence-corrected chi connectivity index (χ0v) is 10.6. The van der Waals surface area contributed by atoms with E-state index in [9.17, 15) is 4.79 Å². The largest absolute Gasteiger partial charge is 0.361 e. The Morgan fingerprint density at radius 1 is 1.59 bits per heavy atom. The first kappa shape index (κ1) is 13.3. The number of hydrogen-bond donors (Lipinski definition) is 1. The second-order valence-electron chi connectivity index (χ2n) is 3.47. The summed E-state index contributed by atoms with van der Waals surface area (Å²) in [5.74, 6) is -0.0766. The number of nitrogens with zero attached hydrogens (tertiary/aromatic N) is 2. The van der Waals surface area contributed by atoms with Crippen LogP contribution >= 0.6 is 11.6 Å². The van der Waals surface area contributed by atoms with Crippen LogP contribution in [-0.4, -0.2) is 26.0 Å². The lowest BCUT2D eigenvalue weighted by Gasteiger charge is -2.23. The van der Waals surface area contributed by atoms with Gasteiger partial charge in [-0.3, -0.25) is 4.79 Å². The SMILES string of the molecule is CCN(CC(=O)NC)c1ccc(C#N)cc1Cl. The molecule has 0 aliphatic carbocycles. The molecule has 5 heteroatoms. The van der Waals surface area contributed by atoms with Crippen LogP contribution in [-0.2, 0) is 4.79 Å². The number of carbonyl (C=O) groups excluding carboxylic acids is 1. The molecule has 0 aromatic heterocycles. The number of benzene rings is 1. The van der Waals surface area contributed by atoms with Gasteiger partial charge in [0.25, 0.3) is 0 Å². The highest BCUT2D eigenvalue weighted by Crippen LogP contribution is 2.26. The molecule has 0 aliphatic heterocycles. The van der Waals surface area contributed by atoms with E-state index in [-0.39, 0.29) is 12.5 Å². The number of nitriles is 1. The van der Waals surface area contributed by atoms with Crippen molar-refractivity contribution in [1.29, 1.82) is 5.26 Å². The van der Waals surface area contributed by atoms with Crippen LogP contribution in [0.3, 0.4) is 0 Å². The molecule has 17 heavy (non-hydrogen) atoms. The van der Waals surface area contributed by atoms with E-state index < -0.39 is 0 Å². The van der Waals surface area contributed by atoms with Crippen LogP contribution in [0.4, 0.5) is 5.69 Å². The molecule has 90 valence electrons. The van der Waals surface area contributed by atoms with E-state index in [1.54, 1.807) is 25.2 Å². The van der Waals surface area contributed by atoms with Gasteiger partial charge in [-0.15, -0.1) is 0 Å². The Kier molecular flexibility index (Phi) is 4.80. The van der Waals surface area contributed by atoms with Crippen molar-refractivity contribution in [3.63, 3.8) is 0 Å². The van der Waals surface area contributed by atoms with Gasteiger partial charge in [0.1, 0.15) is 0 Å². The molecule has 0 radical (unpaired) electrons. The van der Waals surface area contributed by atoms with Gasteiger partial charge < -0.3 is 10.2 Å². The number of amides is 1. The van der Waals surface area contributed by atoms with Gasteiger partial charge >= 0.3 is 0 Å². The minimum absolute atomic E-state index is 0.0766. The smallest absolute Gasteiger partial charge is 0.239 e. The molecule has 1 amide bonds. The highest BCUT2D eigenvalue weighted by atomic mass is 35.5. The Morgan fingerprint density at radius 2 is 2.29 bits per heavy atom. The van der Waals surface area contributed by atoms with Gasteiger partial charge in [-0.2, -0.15) is 5.26 Å². The van der Waals surface area contributed by atoms with Crippen molar-refractivity contribution in [1.82, 2.24) is 5.32 Å². The standard InChI is InChI=1S/C12H14ClN3O/c1-3-16(8-12(17)15-2)11-5-4-9(7-14)6-10(11)13/h4-6H,3,8H2,1-2H3,(H,15,17). The molecule has 1 aromatic carbocycles. The summed E-state index contributed by atoms with van der Waals surface area (Å²) in [4.78, 5) is 13.2. The van der Waals surface area contributed by atoms with E-state index in [1.165, 1.54) is 0 Å². The van der Waals surface area contributed by atoms with Gasteiger partial charge in [-0.25, -0.2) is 0 Å². The molecule has 0 aliphatic rings. The van der Waals surface area contributed by atoms with Crippen LogP contribution in [0.5, 0.6) is 0 Å². The summed E-state index contributed by atoms with van der Waals surface area (Å²) < 4.78 is 0. The third-order valence-electron chi connectivity index (χ3n) is 2.41. The highest BCUT2D eigenvalue weighted by molar-refractivity contribution is 6.33. The van der Waals surface area contributed by atoms with Gasteiger partial charge in [0, 0.05) is 13.6 Å². The monoisotopic (exact) mass is 251 g/mol. The molecule has 0 fully saturated rings. The maximum atomic E-state index is 11.3. The first-order valence-corrected chi connectivity index (χ1v) is 5.65. The molecule has 0 atom stereocenters. The van der Waals surface area contributed by atoms with E-state index in [2.05, 4.69) is 5.32 Å². The van der Waals surface area contributed by atoms with Crippen molar-refractivity contribution in [2.75, 3.05) is 25.0 Å². The van der Waals surface area contributed by atoms with Crippen LogP contribution < -0.4 is 10.2 Å². The zero-order valence-electron chi connectivity index (χ0n) is 9.83. The fraction of sp³-hybridized carbons (Fsp3) is 0.333. The molecule has 0 saturated carbocycles. The number of hydrogen-bond acceptors (Lipinski definition) is 3. The third-order valence-corrected chi connectivity index (χ3v) is 2.72. The third kappa shape index (κ3) is 3.36. The zero-order chi connectivity index (χ0) is 12.8. The average molecular weight is 252 g/mol. The van der Waals surface area contributed by atoms with Crippen LogP contribution in [0, 0.1) is 11.3 Å². The Morgan fingerprint density at radius 3 is 2.76 bits per heavy atom. The summed E-state index contributed by atoms with van der Waals surface area (Å²) in [6.07, 6.45) is 0. The molecule has 0 bridgehead atoms. The lowest BCUT2D eigenvalue weighted by atomic mass is 10.2. The predicted octanol–water partition coefficient (Wildman–Crippen LogP) is 1.78. The summed E-state index contributed by atoms with van der Waals surface area (Å²) in [5, 5.41) is 11.8. The maximum absolute atomic E-state index is 11.3. The maximum Gasteiger partial charge on any atom is 0.239 e. The van der Waals surface area contributed by atoms with Crippen molar-refractivity contribution in [3.8, 4) is 6.07 Å². The first-order chi connectivity index (χ1) is 8.12. The Balaban J connectivity index is 2.97. The Labute approximate surface area is 106 Å².